The molecule has 0 atom stereocenters. The summed E-state index contributed by atoms with van der Waals surface area (Å²) in [5.74, 6) is 0.600. The maximum Gasteiger partial charge on any atom is 0.322 e. The fourth-order valence-corrected chi connectivity index (χ4v) is 3.19. The first-order valence-electron chi connectivity index (χ1n) is 7.41. The Morgan fingerprint density at radius 1 is 1.35 bits per heavy atom. The molecule has 1 N–H and O–H groups in total. The zero-order valence-electron chi connectivity index (χ0n) is 11.9. The molecule has 2 aliphatic rings. The Morgan fingerprint density at radius 3 is 2.80 bits per heavy atom. The molecule has 2 amide bonds. The number of carbonyl (C=O) groups is 1. The van der Waals surface area contributed by atoms with Crippen molar-refractivity contribution in [1.82, 2.24) is 10.3 Å². The van der Waals surface area contributed by atoms with E-state index in [1.165, 1.54) is 19.3 Å². The average molecular weight is 275 g/mol. The molecule has 0 unspecified atom stereocenters. The van der Waals surface area contributed by atoms with Gasteiger partial charge in [0.2, 0.25) is 5.88 Å². The van der Waals surface area contributed by atoms with Crippen molar-refractivity contribution in [2.45, 2.75) is 44.6 Å². The van der Waals surface area contributed by atoms with Gasteiger partial charge in [-0.1, -0.05) is 19.3 Å². The van der Waals surface area contributed by atoms with Crippen molar-refractivity contribution in [2.24, 2.45) is 0 Å². The molecular formula is C15H21N3O2. The number of urea groups is 1. The van der Waals surface area contributed by atoms with Crippen LogP contribution in [0, 0.1) is 0 Å². The lowest BCUT2D eigenvalue weighted by Gasteiger charge is -2.32. The van der Waals surface area contributed by atoms with E-state index in [0.717, 1.165) is 25.1 Å². The molecule has 1 spiro atoms. The minimum absolute atomic E-state index is 0.00198. The molecule has 0 aromatic carbocycles. The molecule has 2 fully saturated rings. The number of aromatic nitrogens is 1. The second-order valence-corrected chi connectivity index (χ2v) is 5.64. The summed E-state index contributed by atoms with van der Waals surface area (Å²) < 4.78 is 5.33. The largest absolute Gasteiger partial charge is 0.478 e. The van der Waals surface area contributed by atoms with Gasteiger partial charge in [-0.25, -0.2) is 9.78 Å². The van der Waals surface area contributed by atoms with Gasteiger partial charge in [-0.15, -0.1) is 0 Å². The number of nitrogens with one attached hydrogen (secondary N) is 1. The van der Waals surface area contributed by atoms with Crippen LogP contribution in [0.2, 0.25) is 0 Å². The van der Waals surface area contributed by atoms with Gasteiger partial charge in [0.15, 0.2) is 0 Å². The van der Waals surface area contributed by atoms with Crippen LogP contribution in [-0.4, -0.2) is 29.7 Å². The third kappa shape index (κ3) is 2.44. The van der Waals surface area contributed by atoms with E-state index in [-0.39, 0.29) is 11.6 Å². The molecule has 5 nitrogen and oxygen atoms in total. The number of rotatable bonds is 3. The highest BCUT2D eigenvalue weighted by atomic mass is 16.5. The highest BCUT2D eigenvalue weighted by Crippen LogP contribution is 2.34. The van der Waals surface area contributed by atoms with Gasteiger partial charge in [0, 0.05) is 6.07 Å². The molecule has 2 heterocycles. The second kappa shape index (κ2) is 5.31. The molecule has 108 valence electrons. The van der Waals surface area contributed by atoms with Crippen molar-refractivity contribution < 1.29 is 9.53 Å². The summed E-state index contributed by atoms with van der Waals surface area (Å²) in [5.41, 5.74) is 0.821. The number of ether oxygens (including phenoxy) is 1. The third-order valence-electron chi connectivity index (χ3n) is 4.21. The van der Waals surface area contributed by atoms with Crippen molar-refractivity contribution in [2.75, 3.05) is 18.1 Å². The van der Waals surface area contributed by atoms with Crippen LogP contribution in [0.1, 0.15) is 39.0 Å². The number of carbonyl (C=O) groups excluding carboxylic acids is 1. The summed E-state index contributed by atoms with van der Waals surface area (Å²) in [5, 5.41) is 3.19. The lowest BCUT2D eigenvalue weighted by atomic mass is 9.82. The zero-order chi connectivity index (χ0) is 14.0. The molecule has 0 radical (unpaired) electrons. The van der Waals surface area contributed by atoms with E-state index in [9.17, 15) is 4.79 Å². The molecule has 1 aromatic heterocycles. The fraction of sp³-hybridized carbons (Fsp3) is 0.600. The summed E-state index contributed by atoms with van der Waals surface area (Å²) in [6, 6.07) is 3.72. The Labute approximate surface area is 119 Å². The van der Waals surface area contributed by atoms with Crippen molar-refractivity contribution in [3.05, 3.63) is 18.3 Å². The number of hydrogen-bond donors (Lipinski definition) is 1. The van der Waals surface area contributed by atoms with E-state index in [2.05, 4.69) is 10.3 Å². The van der Waals surface area contributed by atoms with E-state index >= 15 is 0 Å². The standard InChI is InChI=1S/C15H21N3O2/c1-2-20-13-7-6-12(10-16-13)18-11-15(17-14(18)19)8-4-3-5-9-15/h6-7,10H,2-5,8-9,11H2,1H3,(H,17,19). The normalized spacial score (nSPS) is 21.1. The number of amides is 2. The lowest BCUT2D eigenvalue weighted by molar-refractivity contribution is 0.237. The van der Waals surface area contributed by atoms with Gasteiger partial charge in [0.25, 0.3) is 0 Å². The first-order valence-corrected chi connectivity index (χ1v) is 7.41. The summed E-state index contributed by atoms with van der Waals surface area (Å²) in [6.07, 6.45) is 7.57. The van der Waals surface area contributed by atoms with Gasteiger partial charge >= 0.3 is 6.03 Å². The van der Waals surface area contributed by atoms with Crippen LogP contribution < -0.4 is 15.0 Å². The average Bonchev–Trinajstić information content (AvgIpc) is 2.77. The minimum atomic E-state index is -0.0199. The Kier molecular flexibility index (Phi) is 3.51. The van der Waals surface area contributed by atoms with E-state index in [1.54, 1.807) is 11.1 Å². The van der Waals surface area contributed by atoms with Crippen molar-refractivity contribution in [1.29, 1.82) is 0 Å². The lowest BCUT2D eigenvalue weighted by Crippen LogP contribution is -2.44. The predicted octanol–water partition coefficient (Wildman–Crippen LogP) is 2.71. The third-order valence-corrected chi connectivity index (χ3v) is 4.21. The summed E-state index contributed by atoms with van der Waals surface area (Å²) in [7, 11) is 0. The van der Waals surface area contributed by atoms with Crippen LogP contribution in [0.25, 0.3) is 0 Å². The molecule has 3 rings (SSSR count). The zero-order valence-corrected chi connectivity index (χ0v) is 11.9. The van der Waals surface area contributed by atoms with E-state index < -0.39 is 0 Å². The van der Waals surface area contributed by atoms with Crippen LogP contribution in [0.15, 0.2) is 18.3 Å². The molecule has 1 aliphatic heterocycles. The fourth-order valence-electron chi connectivity index (χ4n) is 3.19. The number of pyridine rings is 1. The van der Waals surface area contributed by atoms with Crippen LogP contribution in [0.5, 0.6) is 5.88 Å². The maximum atomic E-state index is 12.2. The predicted molar refractivity (Wildman–Crippen MR) is 77.1 cm³/mol. The summed E-state index contributed by atoms with van der Waals surface area (Å²) in [4.78, 5) is 18.3. The highest BCUT2D eigenvalue weighted by Gasteiger charge is 2.43. The minimum Gasteiger partial charge on any atom is -0.478 e. The SMILES string of the molecule is CCOc1ccc(N2CC3(CCCCC3)NC2=O)cn1. The molecular weight excluding hydrogens is 254 g/mol. The number of hydrogen-bond acceptors (Lipinski definition) is 3. The van der Waals surface area contributed by atoms with Crippen LogP contribution >= 0.6 is 0 Å². The highest BCUT2D eigenvalue weighted by molar-refractivity contribution is 5.95. The van der Waals surface area contributed by atoms with Crippen LogP contribution in [0.3, 0.4) is 0 Å². The van der Waals surface area contributed by atoms with Crippen molar-refractivity contribution in [3.63, 3.8) is 0 Å². The molecule has 1 saturated heterocycles. The molecule has 1 saturated carbocycles. The number of nitrogens with zero attached hydrogens (tertiary/aromatic N) is 2. The van der Waals surface area contributed by atoms with Gasteiger partial charge in [-0.2, -0.15) is 0 Å². The quantitative estimate of drug-likeness (QED) is 0.922. The van der Waals surface area contributed by atoms with Crippen LogP contribution in [0.4, 0.5) is 10.5 Å². The van der Waals surface area contributed by atoms with Gasteiger partial charge in [0.1, 0.15) is 0 Å². The Bertz CT molecular complexity index is 480. The van der Waals surface area contributed by atoms with Crippen molar-refractivity contribution >= 4 is 11.7 Å². The van der Waals surface area contributed by atoms with Gasteiger partial charge in [0.05, 0.1) is 30.6 Å². The van der Waals surface area contributed by atoms with E-state index in [0.29, 0.717) is 12.5 Å². The monoisotopic (exact) mass is 275 g/mol. The second-order valence-electron chi connectivity index (χ2n) is 5.64. The first-order chi connectivity index (χ1) is 9.72. The molecule has 1 aromatic rings. The molecule has 1 aliphatic carbocycles. The van der Waals surface area contributed by atoms with E-state index in [1.807, 2.05) is 19.1 Å². The van der Waals surface area contributed by atoms with Crippen LogP contribution in [-0.2, 0) is 0 Å². The van der Waals surface area contributed by atoms with E-state index in [4.69, 9.17) is 4.74 Å². The smallest absolute Gasteiger partial charge is 0.322 e. The number of anilines is 1. The summed E-state index contributed by atoms with van der Waals surface area (Å²) >= 11 is 0. The summed E-state index contributed by atoms with van der Waals surface area (Å²) in [6.45, 7) is 3.28. The van der Waals surface area contributed by atoms with Gasteiger partial charge in [-0.05, 0) is 25.8 Å². The molecule has 5 heteroatoms. The molecule has 0 bridgehead atoms. The molecule has 20 heavy (non-hydrogen) atoms. The Balaban J connectivity index is 1.75. The van der Waals surface area contributed by atoms with Gasteiger partial charge < -0.3 is 10.1 Å². The Morgan fingerprint density at radius 2 is 2.15 bits per heavy atom. The Hall–Kier alpha value is -1.78. The first kappa shape index (κ1) is 13.2. The van der Waals surface area contributed by atoms with Crippen molar-refractivity contribution in [3.8, 4) is 5.88 Å². The van der Waals surface area contributed by atoms with Gasteiger partial charge in [-0.3, -0.25) is 4.90 Å². The topological polar surface area (TPSA) is 54.5 Å². The maximum absolute atomic E-state index is 12.2.